The normalized spacial score (nSPS) is 10.7. The van der Waals surface area contributed by atoms with Crippen LogP contribution in [0.3, 0.4) is 0 Å². The van der Waals surface area contributed by atoms with Crippen LogP contribution in [-0.2, 0) is 16.1 Å². The van der Waals surface area contributed by atoms with Gasteiger partial charge in [-0.1, -0.05) is 23.9 Å². The number of thioether (sulfide) groups is 1. The van der Waals surface area contributed by atoms with Crippen LogP contribution in [0.4, 0.5) is 0 Å². The lowest BCUT2D eigenvalue weighted by atomic mass is 10.3. The van der Waals surface area contributed by atoms with E-state index in [2.05, 4.69) is 4.98 Å². The van der Waals surface area contributed by atoms with Gasteiger partial charge >= 0.3 is 5.97 Å². The predicted molar refractivity (Wildman–Crippen MR) is 101 cm³/mol. The molecule has 1 heterocycles. The van der Waals surface area contributed by atoms with Crippen molar-refractivity contribution in [1.82, 2.24) is 9.55 Å². The second-order valence-corrected chi connectivity index (χ2v) is 6.48. The Labute approximate surface area is 156 Å². The maximum absolute atomic E-state index is 11.7. The van der Waals surface area contributed by atoms with Crippen molar-refractivity contribution < 1.29 is 19.0 Å². The highest BCUT2D eigenvalue weighted by Crippen LogP contribution is 2.24. The van der Waals surface area contributed by atoms with E-state index in [1.54, 1.807) is 18.9 Å². The molecule has 0 fully saturated rings. The number of ether oxygens (including phenoxy) is 3. The average Bonchev–Trinajstić information content (AvgIpc) is 3.03. The molecule has 6 nitrogen and oxygen atoms in total. The number of aromatic nitrogens is 2. The molecular weight excluding hydrogens is 352 g/mol. The second kappa shape index (κ2) is 8.62. The molecule has 7 heteroatoms. The zero-order chi connectivity index (χ0) is 18.4. The van der Waals surface area contributed by atoms with Crippen LogP contribution in [0.25, 0.3) is 11.0 Å². The predicted octanol–water partition coefficient (Wildman–Crippen LogP) is 3.39. The molecule has 2 aromatic carbocycles. The Morgan fingerprint density at radius 1 is 1.08 bits per heavy atom. The summed E-state index contributed by atoms with van der Waals surface area (Å²) in [7, 11) is 3.02. The number of para-hydroxylation sites is 2. The number of benzene rings is 2. The van der Waals surface area contributed by atoms with Gasteiger partial charge in [0.15, 0.2) is 5.16 Å². The van der Waals surface area contributed by atoms with Gasteiger partial charge in [0.25, 0.3) is 0 Å². The summed E-state index contributed by atoms with van der Waals surface area (Å²) in [4.78, 5) is 16.3. The number of hydrogen-bond donors (Lipinski definition) is 0. The van der Waals surface area contributed by atoms with Gasteiger partial charge in [-0.15, -0.1) is 0 Å². The second-order valence-electron chi connectivity index (χ2n) is 5.42. The van der Waals surface area contributed by atoms with Gasteiger partial charge in [-0.05, 0) is 36.4 Å². The molecule has 1 aromatic heterocycles. The van der Waals surface area contributed by atoms with Crippen LogP contribution in [0.15, 0.2) is 53.7 Å². The number of fused-ring (bicyclic) bond motifs is 1. The van der Waals surface area contributed by atoms with Gasteiger partial charge in [0.1, 0.15) is 18.0 Å². The molecule has 0 saturated carbocycles. The number of methoxy groups -OCH3 is 2. The van der Waals surface area contributed by atoms with Crippen LogP contribution in [0, 0.1) is 0 Å². The van der Waals surface area contributed by atoms with E-state index in [0.717, 1.165) is 27.7 Å². The third-order valence-electron chi connectivity index (χ3n) is 3.78. The van der Waals surface area contributed by atoms with Crippen molar-refractivity contribution in [2.75, 3.05) is 26.6 Å². The highest BCUT2D eigenvalue weighted by Gasteiger charge is 2.14. The summed E-state index contributed by atoms with van der Waals surface area (Å²) in [6, 6.07) is 15.2. The molecule has 26 heavy (non-hydrogen) atoms. The minimum absolute atomic E-state index is 0.138. The molecule has 136 valence electrons. The van der Waals surface area contributed by atoms with Crippen molar-refractivity contribution in [1.29, 1.82) is 0 Å². The van der Waals surface area contributed by atoms with Crippen LogP contribution in [-0.4, -0.2) is 42.1 Å². The molecule has 0 saturated heterocycles. The van der Waals surface area contributed by atoms with Crippen LogP contribution in [0.2, 0.25) is 0 Å². The minimum atomic E-state index is -0.301. The van der Waals surface area contributed by atoms with Crippen molar-refractivity contribution in [2.45, 2.75) is 11.7 Å². The van der Waals surface area contributed by atoms with Crippen LogP contribution in [0.5, 0.6) is 11.5 Å². The summed E-state index contributed by atoms with van der Waals surface area (Å²) in [5.74, 6) is 1.98. The molecular formula is C19H20N2O4S. The van der Waals surface area contributed by atoms with Crippen LogP contribution in [0.1, 0.15) is 0 Å². The summed E-state index contributed by atoms with van der Waals surface area (Å²) in [5, 5.41) is 0.773. The van der Waals surface area contributed by atoms with E-state index in [9.17, 15) is 4.79 Å². The van der Waals surface area contributed by atoms with Crippen molar-refractivity contribution in [3.8, 4) is 11.5 Å². The summed E-state index contributed by atoms with van der Waals surface area (Å²) in [6.45, 7) is 0.664. The summed E-state index contributed by atoms with van der Waals surface area (Å²) < 4.78 is 17.5. The molecule has 3 aromatic rings. The maximum atomic E-state index is 11.7. The van der Waals surface area contributed by atoms with Crippen molar-refractivity contribution >= 4 is 28.8 Å². The Kier molecular flexibility index (Phi) is 6.01. The van der Waals surface area contributed by atoms with E-state index in [0.29, 0.717) is 12.4 Å². The fourth-order valence-corrected chi connectivity index (χ4v) is 3.31. The molecule has 0 spiro atoms. The van der Waals surface area contributed by atoms with Gasteiger partial charge < -0.3 is 18.8 Å². The molecule has 0 bridgehead atoms. The fraction of sp³-hybridized carbons (Fsp3) is 0.263. The molecule has 3 rings (SSSR count). The molecule has 0 aliphatic heterocycles. The summed E-state index contributed by atoms with van der Waals surface area (Å²) >= 11 is 1.55. The Bertz CT molecular complexity index is 877. The van der Waals surface area contributed by atoms with E-state index >= 15 is 0 Å². The van der Waals surface area contributed by atoms with Crippen molar-refractivity contribution in [3.05, 3.63) is 48.5 Å². The Morgan fingerprint density at radius 3 is 2.54 bits per heavy atom. The van der Waals surface area contributed by atoms with Crippen LogP contribution < -0.4 is 9.47 Å². The van der Waals surface area contributed by atoms with Gasteiger partial charge in [-0.2, -0.15) is 0 Å². The Morgan fingerprint density at radius 2 is 1.81 bits per heavy atom. The lowest BCUT2D eigenvalue weighted by molar-refractivity contribution is -0.141. The number of rotatable bonds is 8. The monoisotopic (exact) mass is 372 g/mol. The number of carbonyl (C=O) groups excluding carboxylic acids is 1. The smallest absolute Gasteiger partial charge is 0.325 e. The molecule has 0 unspecified atom stereocenters. The van der Waals surface area contributed by atoms with E-state index in [1.165, 1.54) is 7.11 Å². The molecule has 0 aliphatic rings. The maximum Gasteiger partial charge on any atom is 0.325 e. The average molecular weight is 372 g/mol. The Balaban J connectivity index is 1.64. The van der Waals surface area contributed by atoms with Gasteiger partial charge in [0.05, 0.1) is 31.9 Å². The zero-order valence-corrected chi connectivity index (χ0v) is 15.5. The van der Waals surface area contributed by atoms with Gasteiger partial charge in [0.2, 0.25) is 0 Å². The topological polar surface area (TPSA) is 62.6 Å². The highest BCUT2D eigenvalue weighted by molar-refractivity contribution is 7.99. The number of hydrogen-bond acceptors (Lipinski definition) is 6. The third kappa shape index (κ3) is 4.29. The molecule has 0 atom stereocenters. The fourth-order valence-electron chi connectivity index (χ4n) is 2.47. The first-order chi connectivity index (χ1) is 12.7. The van der Waals surface area contributed by atoms with Gasteiger partial charge in [0, 0.05) is 5.75 Å². The quantitative estimate of drug-likeness (QED) is 0.343. The van der Waals surface area contributed by atoms with E-state index in [1.807, 2.05) is 53.1 Å². The minimum Gasteiger partial charge on any atom is -0.497 e. The summed E-state index contributed by atoms with van der Waals surface area (Å²) in [5.41, 5.74) is 1.77. The highest BCUT2D eigenvalue weighted by atomic mass is 32.2. The first-order valence-corrected chi connectivity index (χ1v) is 9.11. The lowest BCUT2D eigenvalue weighted by Crippen LogP contribution is -2.12. The SMILES string of the molecule is COC(=O)Cn1c(SCCOc2ccc(OC)cc2)nc2ccccc21. The van der Waals surface area contributed by atoms with E-state index in [-0.39, 0.29) is 12.5 Å². The third-order valence-corrected chi connectivity index (χ3v) is 4.72. The van der Waals surface area contributed by atoms with Crippen molar-refractivity contribution in [2.24, 2.45) is 0 Å². The zero-order valence-electron chi connectivity index (χ0n) is 14.7. The van der Waals surface area contributed by atoms with Gasteiger partial charge in [-0.25, -0.2) is 4.98 Å². The number of nitrogens with zero attached hydrogens (tertiary/aromatic N) is 2. The largest absolute Gasteiger partial charge is 0.497 e. The number of carbonyl (C=O) groups is 1. The molecule has 0 amide bonds. The first kappa shape index (κ1) is 18.1. The number of imidazole rings is 1. The van der Waals surface area contributed by atoms with E-state index in [4.69, 9.17) is 14.2 Å². The summed E-state index contributed by atoms with van der Waals surface area (Å²) in [6.07, 6.45) is 0. The molecule has 0 radical (unpaired) electrons. The van der Waals surface area contributed by atoms with Crippen LogP contribution >= 0.6 is 11.8 Å². The molecule has 0 aliphatic carbocycles. The first-order valence-electron chi connectivity index (χ1n) is 8.13. The van der Waals surface area contributed by atoms with Crippen molar-refractivity contribution in [3.63, 3.8) is 0 Å². The van der Waals surface area contributed by atoms with Gasteiger partial charge in [-0.3, -0.25) is 4.79 Å². The Hall–Kier alpha value is -2.67. The number of esters is 1. The lowest BCUT2D eigenvalue weighted by Gasteiger charge is -2.09. The molecule has 0 N–H and O–H groups in total. The van der Waals surface area contributed by atoms with E-state index < -0.39 is 0 Å². The standard InChI is InChI=1S/C19H20N2O4S/c1-23-14-7-9-15(10-8-14)25-11-12-26-19-20-16-5-3-4-6-17(16)21(19)13-18(22)24-2/h3-10H,11-13H2,1-2H3.